The van der Waals surface area contributed by atoms with Crippen LogP contribution < -0.4 is 14.8 Å². The topological polar surface area (TPSA) is 50.8 Å². The molecule has 0 unspecified atom stereocenters. The van der Waals surface area contributed by atoms with Gasteiger partial charge in [-0.15, -0.1) is 0 Å². The number of benzene rings is 2. The molecule has 0 atom stereocenters. The molecule has 0 aliphatic carbocycles. The Bertz CT molecular complexity index is 714. The first-order chi connectivity index (χ1) is 12.5. The van der Waals surface area contributed by atoms with Gasteiger partial charge in [-0.2, -0.15) is 0 Å². The molecule has 0 aliphatic rings. The second kappa shape index (κ2) is 9.70. The predicted octanol–water partition coefficient (Wildman–Crippen LogP) is 3.79. The van der Waals surface area contributed by atoms with Gasteiger partial charge in [0.15, 0.2) is 0 Å². The van der Waals surface area contributed by atoms with Crippen molar-refractivity contribution in [3.8, 4) is 11.5 Å². The second-order valence-electron chi connectivity index (χ2n) is 6.23. The Morgan fingerprint density at radius 3 is 2.54 bits per heavy atom. The van der Waals surface area contributed by atoms with Gasteiger partial charge in [-0.25, -0.2) is 4.79 Å². The van der Waals surface area contributed by atoms with Crippen molar-refractivity contribution >= 4 is 6.03 Å². The number of ether oxygens (including phenoxy) is 2. The van der Waals surface area contributed by atoms with E-state index in [2.05, 4.69) is 11.4 Å². The molecule has 26 heavy (non-hydrogen) atoms. The van der Waals surface area contributed by atoms with E-state index in [1.165, 1.54) is 5.56 Å². The molecule has 0 fully saturated rings. The van der Waals surface area contributed by atoms with Crippen molar-refractivity contribution < 1.29 is 14.3 Å². The number of amides is 2. The van der Waals surface area contributed by atoms with E-state index in [9.17, 15) is 4.79 Å². The van der Waals surface area contributed by atoms with Gasteiger partial charge in [-0.05, 0) is 49.6 Å². The SMILES string of the molecule is CCOc1ccc(CN(C)C(=O)NCCc2cc(C)ccc2OC)cc1. The highest BCUT2D eigenvalue weighted by atomic mass is 16.5. The van der Waals surface area contributed by atoms with Gasteiger partial charge in [0.05, 0.1) is 13.7 Å². The standard InChI is InChI=1S/C21H28N2O3/c1-5-26-19-9-7-17(8-10-19)15-23(3)21(24)22-13-12-18-14-16(2)6-11-20(18)25-4/h6-11,14H,5,12-13,15H2,1-4H3,(H,22,24). The number of carbonyl (C=O) groups excluding carboxylic acids is 1. The minimum atomic E-state index is -0.0921. The van der Waals surface area contributed by atoms with E-state index in [1.807, 2.05) is 50.2 Å². The van der Waals surface area contributed by atoms with E-state index in [4.69, 9.17) is 9.47 Å². The molecular formula is C21H28N2O3. The molecule has 0 aliphatic heterocycles. The molecule has 0 heterocycles. The molecule has 140 valence electrons. The van der Waals surface area contributed by atoms with Crippen LogP contribution in [-0.4, -0.2) is 38.2 Å². The lowest BCUT2D eigenvalue weighted by atomic mass is 10.1. The number of nitrogens with one attached hydrogen (secondary N) is 1. The van der Waals surface area contributed by atoms with Crippen LogP contribution in [0.5, 0.6) is 11.5 Å². The number of methoxy groups -OCH3 is 1. The summed E-state index contributed by atoms with van der Waals surface area (Å²) in [6.07, 6.45) is 0.730. The highest BCUT2D eigenvalue weighted by Crippen LogP contribution is 2.19. The number of aryl methyl sites for hydroxylation is 1. The first-order valence-corrected chi connectivity index (χ1v) is 8.87. The lowest BCUT2D eigenvalue weighted by molar-refractivity contribution is 0.207. The Morgan fingerprint density at radius 2 is 1.88 bits per heavy atom. The van der Waals surface area contributed by atoms with Crippen molar-refractivity contribution in [3.63, 3.8) is 0 Å². The number of hydrogen-bond donors (Lipinski definition) is 1. The van der Waals surface area contributed by atoms with E-state index in [-0.39, 0.29) is 6.03 Å². The molecule has 5 nitrogen and oxygen atoms in total. The van der Waals surface area contributed by atoms with E-state index in [0.717, 1.165) is 29.0 Å². The summed E-state index contributed by atoms with van der Waals surface area (Å²) < 4.78 is 10.8. The number of urea groups is 1. The van der Waals surface area contributed by atoms with Gasteiger partial charge in [0.1, 0.15) is 11.5 Å². The third kappa shape index (κ3) is 5.69. The highest BCUT2D eigenvalue weighted by Gasteiger charge is 2.10. The third-order valence-corrected chi connectivity index (χ3v) is 4.11. The quantitative estimate of drug-likeness (QED) is 0.783. The van der Waals surface area contributed by atoms with Crippen LogP contribution in [0.3, 0.4) is 0 Å². The molecule has 0 bridgehead atoms. The zero-order valence-electron chi connectivity index (χ0n) is 16.0. The lowest BCUT2D eigenvalue weighted by Crippen LogP contribution is -2.37. The first-order valence-electron chi connectivity index (χ1n) is 8.87. The average Bonchev–Trinajstić information content (AvgIpc) is 2.63. The largest absolute Gasteiger partial charge is 0.496 e. The van der Waals surface area contributed by atoms with E-state index >= 15 is 0 Å². The molecule has 0 saturated carbocycles. The van der Waals surface area contributed by atoms with Crippen molar-refractivity contribution in [2.45, 2.75) is 26.8 Å². The van der Waals surface area contributed by atoms with E-state index in [0.29, 0.717) is 19.7 Å². The monoisotopic (exact) mass is 356 g/mol. The first kappa shape index (κ1) is 19.6. The maximum atomic E-state index is 12.3. The van der Waals surface area contributed by atoms with Crippen LogP contribution in [-0.2, 0) is 13.0 Å². The van der Waals surface area contributed by atoms with Gasteiger partial charge < -0.3 is 19.7 Å². The molecule has 2 rings (SSSR count). The van der Waals surface area contributed by atoms with Crippen LogP contribution in [0.25, 0.3) is 0 Å². The molecule has 2 aromatic rings. The zero-order valence-corrected chi connectivity index (χ0v) is 16.0. The molecule has 0 spiro atoms. The average molecular weight is 356 g/mol. The molecule has 2 amide bonds. The third-order valence-electron chi connectivity index (χ3n) is 4.11. The van der Waals surface area contributed by atoms with Crippen LogP contribution in [0, 0.1) is 6.92 Å². The minimum absolute atomic E-state index is 0.0921. The molecule has 2 aromatic carbocycles. The molecule has 0 aromatic heterocycles. The molecular weight excluding hydrogens is 328 g/mol. The van der Waals surface area contributed by atoms with Gasteiger partial charge in [0.2, 0.25) is 0 Å². The summed E-state index contributed by atoms with van der Waals surface area (Å²) in [6, 6.07) is 13.8. The number of carbonyl (C=O) groups is 1. The Kier molecular flexibility index (Phi) is 7.33. The summed E-state index contributed by atoms with van der Waals surface area (Å²) in [4.78, 5) is 14.0. The van der Waals surface area contributed by atoms with Gasteiger partial charge in [-0.1, -0.05) is 29.8 Å². The van der Waals surface area contributed by atoms with E-state index < -0.39 is 0 Å². The highest BCUT2D eigenvalue weighted by molar-refractivity contribution is 5.73. The Balaban J connectivity index is 1.82. The Hall–Kier alpha value is -2.69. The Labute approximate surface area is 155 Å². The smallest absolute Gasteiger partial charge is 0.317 e. The maximum absolute atomic E-state index is 12.3. The fraction of sp³-hybridized carbons (Fsp3) is 0.381. The summed E-state index contributed by atoms with van der Waals surface area (Å²) in [6.45, 7) is 5.76. The normalized spacial score (nSPS) is 10.3. The summed E-state index contributed by atoms with van der Waals surface area (Å²) in [5, 5.41) is 2.96. The molecule has 0 radical (unpaired) electrons. The van der Waals surface area contributed by atoms with Gasteiger partial charge in [0.25, 0.3) is 0 Å². The van der Waals surface area contributed by atoms with Crippen molar-refractivity contribution in [1.29, 1.82) is 0 Å². The summed E-state index contributed by atoms with van der Waals surface area (Å²) in [5.74, 6) is 1.70. The molecule has 0 saturated heterocycles. The fourth-order valence-electron chi connectivity index (χ4n) is 2.75. The zero-order chi connectivity index (χ0) is 18.9. The van der Waals surface area contributed by atoms with Gasteiger partial charge in [0, 0.05) is 20.1 Å². The van der Waals surface area contributed by atoms with Crippen LogP contribution in [0.2, 0.25) is 0 Å². The predicted molar refractivity (Wildman–Crippen MR) is 104 cm³/mol. The fourth-order valence-corrected chi connectivity index (χ4v) is 2.75. The Morgan fingerprint density at radius 1 is 1.15 bits per heavy atom. The van der Waals surface area contributed by atoms with Crippen LogP contribution in [0.4, 0.5) is 4.79 Å². The molecule has 1 N–H and O–H groups in total. The maximum Gasteiger partial charge on any atom is 0.317 e. The number of hydrogen-bond acceptors (Lipinski definition) is 3. The van der Waals surface area contributed by atoms with Gasteiger partial charge >= 0.3 is 6.03 Å². The number of nitrogens with zero attached hydrogens (tertiary/aromatic N) is 1. The van der Waals surface area contributed by atoms with Crippen molar-refractivity contribution in [1.82, 2.24) is 10.2 Å². The molecule has 5 heteroatoms. The lowest BCUT2D eigenvalue weighted by Gasteiger charge is -2.18. The van der Waals surface area contributed by atoms with Crippen LogP contribution >= 0.6 is 0 Å². The van der Waals surface area contributed by atoms with Crippen LogP contribution in [0.1, 0.15) is 23.6 Å². The summed E-state index contributed by atoms with van der Waals surface area (Å²) in [5.41, 5.74) is 3.34. The van der Waals surface area contributed by atoms with Crippen LogP contribution in [0.15, 0.2) is 42.5 Å². The summed E-state index contributed by atoms with van der Waals surface area (Å²) in [7, 11) is 3.45. The number of rotatable bonds is 8. The van der Waals surface area contributed by atoms with Crippen molar-refractivity contribution in [2.24, 2.45) is 0 Å². The summed E-state index contributed by atoms with van der Waals surface area (Å²) >= 11 is 0. The van der Waals surface area contributed by atoms with Gasteiger partial charge in [-0.3, -0.25) is 0 Å². The second-order valence-corrected chi connectivity index (χ2v) is 6.23. The van der Waals surface area contributed by atoms with Crippen molar-refractivity contribution in [3.05, 3.63) is 59.2 Å². The van der Waals surface area contributed by atoms with E-state index in [1.54, 1.807) is 19.1 Å². The minimum Gasteiger partial charge on any atom is -0.496 e. The van der Waals surface area contributed by atoms with Crippen molar-refractivity contribution in [2.75, 3.05) is 27.3 Å².